The maximum Gasteiger partial charge on any atom is 0.0445 e. The van der Waals surface area contributed by atoms with Gasteiger partial charge in [0.25, 0.3) is 0 Å². The van der Waals surface area contributed by atoms with Gasteiger partial charge in [0.05, 0.1) is 0 Å². The van der Waals surface area contributed by atoms with E-state index in [1.807, 2.05) is 0 Å². The minimum absolute atomic E-state index is 0.319. The van der Waals surface area contributed by atoms with Crippen molar-refractivity contribution in [1.82, 2.24) is 5.32 Å². The monoisotopic (exact) mass is 265 g/mol. The summed E-state index contributed by atoms with van der Waals surface area (Å²) >= 11 is 0. The van der Waals surface area contributed by atoms with E-state index in [0.29, 0.717) is 24.1 Å². The number of aliphatic hydroxyl groups is 1. The van der Waals surface area contributed by atoms with Crippen LogP contribution in [0.3, 0.4) is 0 Å². The van der Waals surface area contributed by atoms with Gasteiger partial charge in [0.2, 0.25) is 0 Å². The van der Waals surface area contributed by atoms with Crippen molar-refractivity contribution in [2.75, 3.05) is 6.61 Å². The summed E-state index contributed by atoms with van der Waals surface area (Å²) in [7, 11) is 0. The molecule has 0 heterocycles. The van der Waals surface area contributed by atoms with Crippen molar-refractivity contribution in [3.8, 4) is 0 Å². The van der Waals surface area contributed by atoms with Gasteiger partial charge in [-0.15, -0.1) is 0 Å². The first-order valence-corrected chi connectivity index (χ1v) is 8.52. The molecule has 0 spiro atoms. The lowest BCUT2D eigenvalue weighted by Gasteiger charge is -2.59. The van der Waals surface area contributed by atoms with Crippen LogP contribution >= 0.6 is 0 Å². The van der Waals surface area contributed by atoms with Crippen LogP contribution in [0, 0.1) is 23.2 Å². The molecule has 0 aromatic carbocycles. The molecule has 19 heavy (non-hydrogen) atoms. The molecule has 0 radical (unpaired) electrons. The standard InChI is InChI=1S/C17H31NO/c1-3-16(4-5-19)18-12(2)17-9-13-6-14(10-17)8-15(7-13)11-17/h12-16,18-19H,3-11H2,1-2H3. The highest BCUT2D eigenvalue weighted by molar-refractivity contribution is 5.05. The molecule has 2 heteroatoms. The van der Waals surface area contributed by atoms with Gasteiger partial charge < -0.3 is 10.4 Å². The van der Waals surface area contributed by atoms with Crippen molar-refractivity contribution < 1.29 is 5.11 Å². The molecule has 4 saturated carbocycles. The summed E-state index contributed by atoms with van der Waals surface area (Å²) < 4.78 is 0. The molecule has 2 nitrogen and oxygen atoms in total. The van der Waals surface area contributed by atoms with E-state index < -0.39 is 0 Å². The highest BCUT2D eigenvalue weighted by atomic mass is 16.3. The van der Waals surface area contributed by atoms with Gasteiger partial charge in [-0.3, -0.25) is 0 Å². The minimum atomic E-state index is 0.319. The fourth-order valence-electron chi connectivity index (χ4n) is 5.80. The smallest absolute Gasteiger partial charge is 0.0445 e. The predicted molar refractivity (Wildman–Crippen MR) is 79.0 cm³/mol. The number of hydrogen-bond acceptors (Lipinski definition) is 2. The normalized spacial score (nSPS) is 43.4. The molecular weight excluding hydrogens is 234 g/mol. The Morgan fingerprint density at radius 3 is 2.05 bits per heavy atom. The third-order valence-electron chi connectivity index (χ3n) is 6.46. The van der Waals surface area contributed by atoms with E-state index in [2.05, 4.69) is 19.2 Å². The lowest BCUT2D eigenvalue weighted by molar-refractivity contribution is -0.0725. The van der Waals surface area contributed by atoms with Crippen molar-refractivity contribution in [1.29, 1.82) is 0 Å². The van der Waals surface area contributed by atoms with E-state index >= 15 is 0 Å². The van der Waals surface area contributed by atoms with Crippen molar-refractivity contribution in [3.05, 3.63) is 0 Å². The lowest BCUT2D eigenvalue weighted by Crippen LogP contribution is -2.56. The molecule has 2 N–H and O–H groups in total. The summed E-state index contributed by atoms with van der Waals surface area (Å²) in [5.74, 6) is 3.11. The van der Waals surface area contributed by atoms with Gasteiger partial charge in [0.15, 0.2) is 0 Å². The van der Waals surface area contributed by atoms with Gasteiger partial charge >= 0.3 is 0 Å². The summed E-state index contributed by atoms with van der Waals surface area (Å²) in [5.41, 5.74) is 0.595. The third kappa shape index (κ3) is 2.58. The van der Waals surface area contributed by atoms with Crippen LogP contribution in [0.15, 0.2) is 0 Å². The molecule has 4 aliphatic carbocycles. The molecule has 2 atom stereocenters. The Hall–Kier alpha value is -0.0800. The van der Waals surface area contributed by atoms with E-state index in [1.54, 1.807) is 0 Å². The van der Waals surface area contributed by atoms with Crippen molar-refractivity contribution in [3.63, 3.8) is 0 Å². The first kappa shape index (κ1) is 13.9. The molecule has 0 aromatic heterocycles. The maximum absolute atomic E-state index is 9.17. The number of nitrogens with one attached hydrogen (secondary N) is 1. The maximum atomic E-state index is 9.17. The highest BCUT2D eigenvalue weighted by Gasteiger charge is 2.53. The van der Waals surface area contributed by atoms with E-state index in [0.717, 1.165) is 30.6 Å². The Bertz CT molecular complexity index is 279. The van der Waals surface area contributed by atoms with Crippen LogP contribution in [0.2, 0.25) is 0 Å². The van der Waals surface area contributed by atoms with Crippen molar-refractivity contribution >= 4 is 0 Å². The second kappa shape index (κ2) is 5.37. The van der Waals surface area contributed by atoms with Crippen molar-refractivity contribution in [2.45, 2.75) is 77.3 Å². The molecule has 4 fully saturated rings. The van der Waals surface area contributed by atoms with Gasteiger partial charge in [-0.2, -0.15) is 0 Å². The number of aliphatic hydroxyl groups excluding tert-OH is 1. The Kier molecular flexibility index (Phi) is 3.92. The molecule has 2 unspecified atom stereocenters. The summed E-state index contributed by atoms with van der Waals surface area (Å²) in [5, 5.41) is 13.0. The van der Waals surface area contributed by atoms with Crippen LogP contribution in [0.4, 0.5) is 0 Å². The average molecular weight is 265 g/mol. The molecule has 110 valence electrons. The molecule has 4 rings (SSSR count). The number of rotatable bonds is 6. The Labute approximate surface area is 118 Å². The van der Waals surface area contributed by atoms with Crippen LogP contribution in [0.25, 0.3) is 0 Å². The van der Waals surface area contributed by atoms with Crippen LogP contribution in [0.1, 0.15) is 65.2 Å². The minimum Gasteiger partial charge on any atom is -0.396 e. The zero-order valence-electron chi connectivity index (χ0n) is 12.7. The van der Waals surface area contributed by atoms with Gasteiger partial charge in [0.1, 0.15) is 0 Å². The highest BCUT2D eigenvalue weighted by Crippen LogP contribution is 2.61. The first-order chi connectivity index (χ1) is 9.15. The van der Waals surface area contributed by atoms with Gasteiger partial charge in [0, 0.05) is 18.7 Å². The molecular formula is C17H31NO. The average Bonchev–Trinajstić information content (AvgIpc) is 2.36. The van der Waals surface area contributed by atoms with Gasteiger partial charge in [-0.25, -0.2) is 0 Å². The van der Waals surface area contributed by atoms with E-state index in [9.17, 15) is 5.11 Å². The summed E-state index contributed by atoms with van der Waals surface area (Å²) in [6.07, 6.45) is 11.1. The molecule has 0 amide bonds. The first-order valence-electron chi connectivity index (χ1n) is 8.52. The lowest BCUT2D eigenvalue weighted by atomic mass is 9.48. The predicted octanol–water partition coefficient (Wildman–Crippen LogP) is 3.34. The van der Waals surface area contributed by atoms with Crippen LogP contribution in [-0.2, 0) is 0 Å². The quantitative estimate of drug-likeness (QED) is 0.772. The topological polar surface area (TPSA) is 32.3 Å². The number of hydrogen-bond donors (Lipinski definition) is 2. The SMILES string of the molecule is CCC(CCO)NC(C)C12CC3CC(CC(C3)C1)C2. The fourth-order valence-corrected chi connectivity index (χ4v) is 5.80. The fraction of sp³-hybridized carbons (Fsp3) is 1.00. The van der Waals surface area contributed by atoms with E-state index in [4.69, 9.17) is 0 Å². The molecule has 4 bridgehead atoms. The molecule has 0 saturated heterocycles. The Morgan fingerprint density at radius 2 is 1.63 bits per heavy atom. The molecule has 0 aromatic rings. The summed E-state index contributed by atoms with van der Waals surface area (Å²) in [4.78, 5) is 0. The van der Waals surface area contributed by atoms with Gasteiger partial charge in [-0.05, 0) is 81.5 Å². The molecule has 4 aliphatic rings. The summed E-state index contributed by atoms with van der Waals surface area (Å²) in [6, 6.07) is 1.14. The zero-order valence-corrected chi connectivity index (χ0v) is 12.7. The van der Waals surface area contributed by atoms with E-state index in [-0.39, 0.29) is 0 Å². The van der Waals surface area contributed by atoms with E-state index in [1.165, 1.54) is 38.5 Å². The van der Waals surface area contributed by atoms with Crippen LogP contribution < -0.4 is 5.32 Å². The largest absolute Gasteiger partial charge is 0.396 e. The van der Waals surface area contributed by atoms with Crippen LogP contribution in [-0.4, -0.2) is 23.8 Å². The van der Waals surface area contributed by atoms with Crippen LogP contribution in [0.5, 0.6) is 0 Å². The Balaban J connectivity index is 1.67. The second-order valence-corrected chi connectivity index (χ2v) is 7.79. The van der Waals surface area contributed by atoms with Gasteiger partial charge in [-0.1, -0.05) is 6.92 Å². The van der Waals surface area contributed by atoms with Crippen molar-refractivity contribution in [2.24, 2.45) is 23.2 Å². The molecule has 0 aliphatic heterocycles. The Morgan fingerprint density at radius 1 is 1.11 bits per heavy atom. The second-order valence-electron chi connectivity index (χ2n) is 7.79. The third-order valence-corrected chi connectivity index (χ3v) is 6.46. The zero-order chi connectivity index (χ0) is 13.5. The summed E-state index contributed by atoms with van der Waals surface area (Å²) in [6.45, 7) is 4.98.